The lowest BCUT2D eigenvalue weighted by molar-refractivity contribution is -0.120. The minimum absolute atomic E-state index is 0. The molecular formula is C14H23ClN2O3. The van der Waals surface area contributed by atoms with Crippen molar-refractivity contribution in [1.29, 1.82) is 0 Å². The van der Waals surface area contributed by atoms with E-state index in [-0.39, 0.29) is 18.3 Å². The van der Waals surface area contributed by atoms with E-state index < -0.39 is 5.54 Å². The van der Waals surface area contributed by atoms with Gasteiger partial charge in [0, 0.05) is 23.9 Å². The van der Waals surface area contributed by atoms with Crippen LogP contribution in [0, 0.1) is 0 Å². The molecule has 20 heavy (non-hydrogen) atoms. The summed E-state index contributed by atoms with van der Waals surface area (Å²) in [5.41, 5.74) is 5.71. The van der Waals surface area contributed by atoms with Gasteiger partial charge in [-0.1, -0.05) is 13.3 Å². The molecule has 6 heteroatoms. The standard InChI is InChI=1S/C14H22N2O3.ClH/c1-5-6-14(2,15)13(17)16-10-7-11(18-3)9-12(8-10)19-4;/h7-9H,5-6,15H2,1-4H3,(H,16,17);1H. The normalized spacial score (nSPS) is 12.8. The molecule has 0 fully saturated rings. The van der Waals surface area contributed by atoms with Crippen molar-refractivity contribution in [2.24, 2.45) is 5.73 Å². The van der Waals surface area contributed by atoms with E-state index >= 15 is 0 Å². The van der Waals surface area contributed by atoms with Crippen molar-refractivity contribution >= 4 is 24.0 Å². The number of halogens is 1. The number of nitrogens with one attached hydrogen (secondary N) is 1. The maximum absolute atomic E-state index is 12.1. The number of anilines is 1. The molecule has 3 N–H and O–H groups in total. The Hall–Kier alpha value is -1.46. The molecule has 0 aliphatic rings. The van der Waals surface area contributed by atoms with Crippen LogP contribution in [0.4, 0.5) is 5.69 Å². The maximum atomic E-state index is 12.1. The highest BCUT2D eigenvalue weighted by Gasteiger charge is 2.27. The van der Waals surface area contributed by atoms with Gasteiger partial charge in [0.25, 0.3) is 0 Å². The third-order valence-electron chi connectivity index (χ3n) is 2.90. The molecule has 5 nitrogen and oxygen atoms in total. The van der Waals surface area contributed by atoms with Gasteiger partial charge in [0.1, 0.15) is 11.5 Å². The highest BCUT2D eigenvalue weighted by molar-refractivity contribution is 5.97. The molecule has 0 saturated heterocycles. The second kappa shape index (κ2) is 7.97. The molecule has 1 atom stereocenters. The van der Waals surface area contributed by atoms with Crippen molar-refractivity contribution in [3.05, 3.63) is 18.2 Å². The van der Waals surface area contributed by atoms with E-state index in [9.17, 15) is 4.79 Å². The third-order valence-corrected chi connectivity index (χ3v) is 2.90. The van der Waals surface area contributed by atoms with Crippen LogP contribution in [-0.2, 0) is 4.79 Å². The van der Waals surface area contributed by atoms with E-state index in [2.05, 4.69) is 5.32 Å². The molecule has 0 aromatic heterocycles. The largest absolute Gasteiger partial charge is 0.497 e. The smallest absolute Gasteiger partial charge is 0.244 e. The van der Waals surface area contributed by atoms with Crippen molar-refractivity contribution in [2.75, 3.05) is 19.5 Å². The van der Waals surface area contributed by atoms with Crippen molar-refractivity contribution in [3.8, 4) is 11.5 Å². The number of hydrogen-bond donors (Lipinski definition) is 2. The topological polar surface area (TPSA) is 73.6 Å². The van der Waals surface area contributed by atoms with E-state index in [4.69, 9.17) is 15.2 Å². The summed E-state index contributed by atoms with van der Waals surface area (Å²) in [4.78, 5) is 12.1. The highest BCUT2D eigenvalue weighted by atomic mass is 35.5. The molecule has 0 heterocycles. The predicted octanol–water partition coefficient (Wildman–Crippen LogP) is 2.58. The molecule has 0 aliphatic heterocycles. The molecule has 0 saturated carbocycles. The molecule has 114 valence electrons. The van der Waals surface area contributed by atoms with Gasteiger partial charge in [0.2, 0.25) is 5.91 Å². The van der Waals surface area contributed by atoms with Crippen LogP contribution >= 0.6 is 12.4 Å². The minimum Gasteiger partial charge on any atom is -0.497 e. The molecule has 0 bridgehead atoms. The molecule has 1 amide bonds. The Balaban J connectivity index is 0.00000361. The van der Waals surface area contributed by atoms with Gasteiger partial charge in [0.15, 0.2) is 0 Å². The van der Waals surface area contributed by atoms with Crippen molar-refractivity contribution < 1.29 is 14.3 Å². The van der Waals surface area contributed by atoms with Gasteiger partial charge in [-0.3, -0.25) is 4.79 Å². The van der Waals surface area contributed by atoms with Gasteiger partial charge >= 0.3 is 0 Å². The molecule has 0 spiro atoms. The van der Waals surface area contributed by atoms with Gasteiger partial charge in [-0.2, -0.15) is 0 Å². The summed E-state index contributed by atoms with van der Waals surface area (Å²) in [6, 6.07) is 5.19. The minimum atomic E-state index is -0.884. The molecule has 1 aromatic rings. The van der Waals surface area contributed by atoms with Gasteiger partial charge in [0.05, 0.1) is 19.8 Å². The molecule has 1 unspecified atom stereocenters. The first-order valence-corrected chi connectivity index (χ1v) is 6.26. The zero-order valence-corrected chi connectivity index (χ0v) is 13.2. The summed E-state index contributed by atoms with van der Waals surface area (Å²) >= 11 is 0. The van der Waals surface area contributed by atoms with Crippen LogP contribution in [0.2, 0.25) is 0 Å². The first-order valence-electron chi connectivity index (χ1n) is 6.26. The zero-order chi connectivity index (χ0) is 14.5. The SMILES string of the molecule is CCCC(C)(N)C(=O)Nc1cc(OC)cc(OC)c1.Cl. The molecule has 0 radical (unpaired) electrons. The Morgan fingerprint density at radius 3 is 2.15 bits per heavy atom. The monoisotopic (exact) mass is 302 g/mol. The highest BCUT2D eigenvalue weighted by Crippen LogP contribution is 2.26. The fourth-order valence-electron chi connectivity index (χ4n) is 1.79. The summed E-state index contributed by atoms with van der Waals surface area (Å²) in [6.07, 6.45) is 1.47. The van der Waals surface area contributed by atoms with E-state index in [0.717, 1.165) is 6.42 Å². The van der Waals surface area contributed by atoms with Gasteiger partial charge in [-0.25, -0.2) is 0 Å². The quantitative estimate of drug-likeness (QED) is 0.847. The number of hydrogen-bond acceptors (Lipinski definition) is 4. The van der Waals surface area contributed by atoms with Crippen LogP contribution < -0.4 is 20.5 Å². The second-order valence-corrected chi connectivity index (χ2v) is 4.72. The summed E-state index contributed by atoms with van der Waals surface area (Å²) in [5, 5.41) is 2.79. The maximum Gasteiger partial charge on any atom is 0.244 e. The van der Waals surface area contributed by atoms with E-state index in [1.807, 2.05) is 6.92 Å². The van der Waals surface area contributed by atoms with E-state index in [0.29, 0.717) is 23.6 Å². The number of carbonyl (C=O) groups excluding carboxylic acids is 1. The Kier molecular flexibility index (Phi) is 7.39. The lowest BCUT2D eigenvalue weighted by atomic mass is 9.96. The number of benzene rings is 1. The summed E-state index contributed by atoms with van der Waals surface area (Å²) in [6.45, 7) is 3.72. The Labute approximate surface area is 126 Å². The second-order valence-electron chi connectivity index (χ2n) is 4.72. The number of nitrogens with two attached hydrogens (primary N) is 1. The molecular weight excluding hydrogens is 280 g/mol. The van der Waals surface area contributed by atoms with Gasteiger partial charge in [-0.05, 0) is 13.3 Å². The van der Waals surface area contributed by atoms with E-state index in [1.165, 1.54) is 0 Å². The predicted molar refractivity (Wildman–Crippen MR) is 82.9 cm³/mol. The zero-order valence-electron chi connectivity index (χ0n) is 12.4. The Morgan fingerprint density at radius 1 is 1.25 bits per heavy atom. The summed E-state index contributed by atoms with van der Waals surface area (Å²) in [5.74, 6) is 1.01. The Morgan fingerprint density at radius 2 is 1.75 bits per heavy atom. The van der Waals surface area contributed by atoms with Crippen LogP contribution in [-0.4, -0.2) is 25.7 Å². The average Bonchev–Trinajstić information content (AvgIpc) is 2.38. The first-order chi connectivity index (χ1) is 8.92. The van der Waals surface area contributed by atoms with Crippen molar-refractivity contribution in [3.63, 3.8) is 0 Å². The van der Waals surface area contributed by atoms with Crippen LogP contribution in [0.5, 0.6) is 11.5 Å². The number of methoxy groups -OCH3 is 2. The first kappa shape index (κ1) is 18.5. The molecule has 1 aromatic carbocycles. The lowest BCUT2D eigenvalue weighted by Crippen LogP contribution is -2.48. The molecule has 0 aliphatic carbocycles. The Bertz CT molecular complexity index is 428. The fraction of sp³-hybridized carbons (Fsp3) is 0.500. The van der Waals surface area contributed by atoms with Crippen molar-refractivity contribution in [1.82, 2.24) is 0 Å². The van der Waals surface area contributed by atoms with Crippen LogP contribution in [0.1, 0.15) is 26.7 Å². The summed E-state index contributed by atoms with van der Waals surface area (Å²) < 4.78 is 10.3. The lowest BCUT2D eigenvalue weighted by Gasteiger charge is -2.23. The van der Waals surface area contributed by atoms with E-state index in [1.54, 1.807) is 39.3 Å². The molecule has 1 rings (SSSR count). The van der Waals surface area contributed by atoms with Gasteiger partial charge in [-0.15, -0.1) is 12.4 Å². The van der Waals surface area contributed by atoms with Crippen LogP contribution in [0.25, 0.3) is 0 Å². The number of amides is 1. The third kappa shape index (κ3) is 4.90. The van der Waals surface area contributed by atoms with Crippen molar-refractivity contribution in [2.45, 2.75) is 32.2 Å². The van der Waals surface area contributed by atoms with Gasteiger partial charge < -0.3 is 20.5 Å². The number of carbonyl (C=O) groups is 1. The fourth-order valence-corrected chi connectivity index (χ4v) is 1.79. The average molecular weight is 303 g/mol. The summed E-state index contributed by atoms with van der Waals surface area (Å²) in [7, 11) is 3.12. The number of ether oxygens (including phenoxy) is 2. The van der Waals surface area contributed by atoms with Crippen LogP contribution in [0.15, 0.2) is 18.2 Å². The van der Waals surface area contributed by atoms with Crippen LogP contribution in [0.3, 0.4) is 0 Å². The number of rotatable bonds is 6.